The van der Waals surface area contributed by atoms with Crippen molar-refractivity contribution in [3.05, 3.63) is 48.6 Å². The predicted octanol–water partition coefficient (Wildman–Crippen LogP) is 11.6. The third-order valence-electron chi connectivity index (χ3n) is 8.02. The quantitative estimate of drug-likeness (QED) is 0.0222. The van der Waals surface area contributed by atoms with Crippen LogP contribution in [0.4, 0.5) is 0 Å². The zero-order chi connectivity index (χ0) is 34.3. The molecule has 0 aromatic rings. The number of unbranched alkanes of at least 4 members (excludes halogenated alkanes) is 17. The first kappa shape index (κ1) is 44.4. The summed E-state index contributed by atoms with van der Waals surface area (Å²) in [7, 11) is 0. The molecule has 1 unspecified atom stereocenters. The molecule has 0 N–H and O–H groups in total. The molecule has 0 radical (unpaired) electrons. The molecule has 0 saturated heterocycles. The number of ether oxygens (including phenoxy) is 3. The summed E-state index contributed by atoms with van der Waals surface area (Å²) in [5.74, 6) is -0.631. The predicted molar refractivity (Wildman–Crippen MR) is 196 cm³/mol. The van der Waals surface area contributed by atoms with Crippen molar-refractivity contribution < 1.29 is 28.6 Å². The molecule has 270 valence electrons. The van der Waals surface area contributed by atoms with Crippen LogP contribution in [0.25, 0.3) is 0 Å². The molecule has 6 nitrogen and oxygen atoms in total. The molecule has 0 spiro atoms. The summed E-state index contributed by atoms with van der Waals surface area (Å²) in [4.78, 5) is 35.1. The van der Waals surface area contributed by atoms with E-state index in [4.69, 9.17) is 14.2 Å². The number of allylic oxidation sites excluding steroid dienone is 8. The summed E-state index contributed by atoms with van der Waals surface area (Å²) >= 11 is 0. The molecule has 0 aliphatic rings. The lowest BCUT2D eigenvalue weighted by Gasteiger charge is -2.15. The van der Waals surface area contributed by atoms with Crippen LogP contribution in [0.2, 0.25) is 0 Å². The van der Waals surface area contributed by atoms with Gasteiger partial charge in [0.2, 0.25) is 0 Å². The van der Waals surface area contributed by atoms with Crippen molar-refractivity contribution in [2.24, 2.45) is 0 Å². The maximum atomic E-state index is 12.1. The number of hydrogen-bond donors (Lipinski definition) is 0. The Morgan fingerprint density at radius 2 is 0.809 bits per heavy atom. The van der Waals surface area contributed by atoms with Gasteiger partial charge in [-0.3, -0.25) is 14.4 Å². The molecular formula is C41H70O6. The van der Waals surface area contributed by atoms with E-state index in [1.54, 1.807) is 0 Å². The van der Waals surface area contributed by atoms with Crippen molar-refractivity contribution in [2.45, 2.75) is 180 Å². The van der Waals surface area contributed by atoms with Crippen LogP contribution in [0.3, 0.4) is 0 Å². The van der Waals surface area contributed by atoms with Crippen LogP contribution in [0.5, 0.6) is 0 Å². The lowest BCUT2D eigenvalue weighted by molar-refractivity contribution is -0.159. The Morgan fingerprint density at radius 1 is 0.468 bits per heavy atom. The largest absolute Gasteiger partial charge is 0.462 e. The molecule has 0 aliphatic carbocycles. The van der Waals surface area contributed by atoms with E-state index >= 15 is 0 Å². The van der Waals surface area contributed by atoms with E-state index in [-0.39, 0.29) is 25.2 Å². The van der Waals surface area contributed by atoms with Crippen LogP contribution in [0.1, 0.15) is 174 Å². The molecule has 0 saturated carbocycles. The monoisotopic (exact) mass is 659 g/mol. The van der Waals surface area contributed by atoms with Gasteiger partial charge in [0.25, 0.3) is 6.47 Å². The van der Waals surface area contributed by atoms with Gasteiger partial charge in [-0.2, -0.15) is 0 Å². The number of rotatable bonds is 35. The van der Waals surface area contributed by atoms with E-state index in [0.717, 1.165) is 70.6 Å². The molecule has 0 aromatic carbocycles. The minimum Gasteiger partial charge on any atom is -0.462 e. The Labute approximate surface area is 288 Å². The van der Waals surface area contributed by atoms with Gasteiger partial charge in [-0.1, -0.05) is 133 Å². The minimum absolute atomic E-state index is 0.100. The summed E-state index contributed by atoms with van der Waals surface area (Å²) in [6, 6.07) is 0. The first-order chi connectivity index (χ1) is 23.1. The summed E-state index contributed by atoms with van der Waals surface area (Å²) in [6.45, 7) is 4.56. The Bertz CT molecular complexity index is 828. The Balaban J connectivity index is 3.71. The fourth-order valence-electron chi connectivity index (χ4n) is 5.06. The summed E-state index contributed by atoms with van der Waals surface area (Å²) in [6.07, 6.45) is 44.2. The highest BCUT2D eigenvalue weighted by Gasteiger charge is 2.16. The van der Waals surface area contributed by atoms with Crippen LogP contribution < -0.4 is 0 Å². The molecule has 1 atom stereocenters. The first-order valence-electron chi connectivity index (χ1n) is 19.1. The highest BCUT2D eigenvalue weighted by molar-refractivity contribution is 5.69. The standard InChI is InChI=1S/C41H70O6/c1-3-5-7-9-11-13-15-17-19-21-23-25-27-29-31-33-35-41(44)46-37-39(47-38-42)36-45-40(43)34-32-30-28-26-24-22-20-18-16-14-12-10-8-6-4-2/h11-14,17-20,38-39H,3-10,15-16,21-37H2,1-2H3/b13-11-,14-12-,19-17-,20-18-. The maximum absolute atomic E-state index is 12.1. The molecular weight excluding hydrogens is 588 g/mol. The lowest BCUT2D eigenvalue weighted by atomic mass is 10.1. The van der Waals surface area contributed by atoms with E-state index in [0.29, 0.717) is 19.3 Å². The second-order valence-corrected chi connectivity index (χ2v) is 12.5. The fourth-order valence-corrected chi connectivity index (χ4v) is 5.06. The summed E-state index contributed by atoms with van der Waals surface area (Å²) < 4.78 is 15.5. The van der Waals surface area contributed by atoms with Gasteiger partial charge in [0, 0.05) is 12.8 Å². The third-order valence-corrected chi connectivity index (χ3v) is 8.02. The van der Waals surface area contributed by atoms with Crippen LogP contribution in [-0.2, 0) is 28.6 Å². The van der Waals surface area contributed by atoms with Crippen molar-refractivity contribution in [2.75, 3.05) is 13.2 Å². The average molecular weight is 659 g/mol. The second kappa shape index (κ2) is 37.8. The molecule has 0 rings (SSSR count). The fraction of sp³-hybridized carbons (Fsp3) is 0.732. The molecule has 0 bridgehead atoms. The number of hydrogen-bond acceptors (Lipinski definition) is 6. The van der Waals surface area contributed by atoms with Crippen LogP contribution in [0.15, 0.2) is 48.6 Å². The Kier molecular flexibility index (Phi) is 35.7. The van der Waals surface area contributed by atoms with Crippen LogP contribution >= 0.6 is 0 Å². The van der Waals surface area contributed by atoms with Crippen molar-refractivity contribution in [1.29, 1.82) is 0 Å². The Hall–Kier alpha value is -2.63. The first-order valence-corrected chi connectivity index (χ1v) is 19.1. The molecule has 47 heavy (non-hydrogen) atoms. The highest BCUT2D eigenvalue weighted by Crippen LogP contribution is 2.11. The molecule has 6 heteroatoms. The van der Waals surface area contributed by atoms with E-state index in [2.05, 4.69) is 62.5 Å². The minimum atomic E-state index is -0.777. The zero-order valence-corrected chi connectivity index (χ0v) is 30.3. The van der Waals surface area contributed by atoms with Gasteiger partial charge in [0.05, 0.1) is 0 Å². The van der Waals surface area contributed by atoms with E-state index < -0.39 is 6.10 Å². The van der Waals surface area contributed by atoms with E-state index in [1.807, 2.05) is 0 Å². The Morgan fingerprint density at radius 3 is 1.17 bits per heavy atom. The average Bonchev–Trinajstić information content (AvgIpc) is 3.07. The lowest BCUT2D eigenvalue weighted by Crippen LogP contribution is -2.28. The number of carbonyl (C=O) groups is 3. The normalized spacial score (nSPS) is 12.5. The zero-order valence-electron chi connectivity index (χ0n) is 30.3. The van der Waals surface area contributed by atoms with Crippen molar-refractivity contribution >= 4 is 18.4 Å². The SMILES string of the molecule is CCCCC/C=C\C/C=C\CCCCCCCCC(=O)OCC(COC(=O)CCCCCCC/C=C\C/C=C\CCCCC)OC=O. The second-order valence-electron chi connectivity index (χ2n) is 12.5. The number of carbonyl (C=O) groups excluding carboxylic acids is 3. The number of esters is 2. The molecule has 0 heterocycles. The summed E-state index contributed by atoms with van der Waals surface area (Å²) in [5.41, 5.74) is 0. The smallest absolute Gasteiger partial charge is 0.305 e. The van der Waals surface area contributed by atoms with Crippen LogP contribution in [0, 0.1) is 0 Å². The van der Waals surface area contributed by atoms with Gasteiger partial charge in [-0.05, 0) is 77.0 Å². The van der Waals surface area contributed by atoms with Gasteiger partial charge < -0.3 is 14.2 Å². The van der Waals surface area contributed by atoms with Gasteiger partial charge in [0.1, 0.15) is 13.2 Å². The summed E-state index contributed by atoms with van der Waals surface area (Å²) in [5, 5.41) is 0. The van der Waals surface area contributed by atoms with Gasteiger partial charge in [0.15, 0.2) is 6.10 Å². The maximum Gasteiger partial charge on any atom is 0.305 e. The molecule has 0 aliphatic heterocycles. The van der Waals surface area contributed by atoms with E-state index in [1.165, 1.54) is 77.0 Å². The molecule has 0 fully saturated rings. The van der Waals surface area contributed by atoms with Gasteiger partial charge in [-0.15, -0.1) is 0 Å². The van der Waals surface area contributed by atoms with Crippen molar-refractivity contribution in [3.8, 4) is 0 Å². The third kappa shape index (κ3) is 36.1. The van der Waals surface area contributed by atoms with Crippen LogP contribution in [-0.4, -0.2) is 37.7 Å². The molecule has 0 aromatic heterocycles. The van der Waals surface area contributed by atoms with Crippen molar-refractivity contribution in [3.63, 3.8) is 0 Å². The molecule has 0 amide bonds. The van der Waals surface area contributed by atoms with Crippen molar-refractivity contribution in [1.82, 2.24) is 0 Å². The van der Waals surface area contributed by atoms with E-state index in [9.17, 15) is 14.4 Å². The topological polar surface area (TPSA) is 78.9 Å². The van der Waals surface area contributed by atoms with Gasteiger partial charge in [-0.25, -0.2) is 0 Å². The van der Waals surface area contributed by atoms with Gasteiger partial charge >= 0.3 is 11.9 Å². The highest BCUT2D eigenvalue weighted by atomic mass is 16.6.